The van der Waals surface area contributed by atoms with E-state index in [1.807, 2.05) is 11.3 Å². The minimum Gasteiger partial charge on any atom is -0.492 e. The van der Waals surface area contributed by atoms with Crippen LogP contribution in [0.1, 0.15) is 29.3 Å². The molecule has 158 valence electrons. The fraction of sp³-hybridized carbons (Fsp3) is 0.500. The van der Waals surface area contributed by atoms with E-state index in [0.717, 1.165) is 56.8 Å². The predicted octanol–water partition coefficient (Wildman–Crippen LogP) is 4.33. The minimum absolute atomic E-state index is 0.733. The van der Waals surface area contributed by atoms with Gasteiger partial charge in [-0.1, -0.05) is 24.6 Å². The number of nitrogens with zero attached hydrogens (tertiary/aromatic N) is 4. The van der Waals surface area contributed by atoms with Crippen LogP contribution in [0.5, 0.6) is 5.75 Å². The van der Waals surface area contributed by atoms with Crippen molar-refractivity contribution in [2.24, 2.45) is 5.92 Å². The van der Waals surface area contributed by atoms with Crippen molar-refractivity contribution >= 4 is 27.4 Å². The molecule has 0 radical (unpaired) electrons. The van der Waals surface area contributed by atoms with Gasteiger partial charge in [-0.2, -0.15) is 0 Å². The Morgan fingerprint density at radius 1 is 1.10 bits per heavy atom. The Kier molecular flexibility index (Phi) is 5.61. The molecule has 1 saturated heterocycles. The smallest absolute Gasteiger partial charge is 0.141 e. The molecule has 3 heterocycles. The highest BCUT2D eigenvalue weighted by Gasteiger charge is 2.26. The highest BCUT2D eigenvalue weighted by Crippen LogP contribution is 2.40. The van der Waals surface area contributed by atoms with E-state index in [2.05, 4.69) is 52.9 Å². The lowest BCUT2D eigenvalue weighted by atomic mass is 9.88. The van der Waals surface area contributed by atoms with Crippen LogP contribution in [0.25, 0.3) is 10.2 Å². The van der Waals surface area contributed by atoms with Crippen molar-refractivity contribution in [3.63, 3.8) is 0 Å². The maximum atomic E-state index is 5.92. The zero-order chi connectivity index (χ0) is 20.5. The van der Waals surface area contributed by atoms with Crippen LogP contribution in [-0.2, 0) is 12.8 Å². The second-order valence-electron chi connectivity index (χ2n) is 8.72. The molecule has 30 heavy (non-hydrogen) atoms. The van der Waals surface area contributed by atoms with Crippen LogP contribution in [0, 0.1) is 12.8 Å². The summed E-state index contributed by atoms with van der Waals surface area (Å²) < 4.78 is 5.92. The zero-order valence-corrected chi connectivity index (χ0v) is 18.7. The molecule has 2 aromatic heterocycles. The first kappa shape index (κ1) is 19.8. The summed E-state index contributed by atoms with van der Waals surface area (Å²) in [5.74, 6) is 2.87. The van der Waals surface area contributed by atoms with Gasteiger partial charge < -0.3 is 9.64 Å². The van der Waals surface area contributed by atoms with Gasteiger partial charge in [0.25, 0.3) is 0 Å². The van der Waals surface area contributed by atoms with Crippen LogP contribution in [0.2, 0.25) is 0 Å². The summed E-state index contributed by atoms with van der Waals surface area (Å²) in [6, 6.07) is 8.30. The Bertz CT molecular complexity index is 1010. The Balaban J connectivity index is 1.22. The number of aryl methyl sites for hydroxylation is 2. The molecule has 0 N–H and O–H groups in total. The fourth-order valence-corrected chi connectivity index (χ4v) is 5.79. The van der Waals surface area contributed by atoms with Crippen LogP contribution < -0.4 is 9.64 Å². The third kappa shape index (κ3) is 4.03. The van der Waals surface area contributed by atoms with E-state index < -0.39 is 0 Å². The minimum atomic E-state index is 0.733. The van der Waals surface area contributed by atoms with Crippen molar-refractivity contribution in [3.8, 4) is 5.75 Å². The van der Waals surface area contributed by atoms with Gasteiger partial charge in [-0.3, -0.25) is 4.90 Å². The van der Waals surface area contributed by atoms with Crippen LogP contribution in [0.4, 0.5) is 5.82 Å². The fourth-order valence-electron chi connectivity index (χ4n) is 4.62. The molecule has 0 bridgehead atoms. The van der Waals surface area contributed by atoms with Gasteiger partial charge in [-0.05, 0) is 49.8 Å². The lowest BCUT2D eigenvalue weighted by Gasteiger charge is -2.35. The number of hydrogen-bond donors (Lipinski definition) is 0. The molecule has 1 aromatic carbocycles. The van der Waals surface area contributed by atoms with Gasteiger partial charge in [0.2, 0.25) is 0 Å². The van der Waals surface area contributed by atoms with E-state index in [0.29, 0.717) is 0 Å². The van der Waals surface area contributed by atoms with Gasteiger partial charge in [0, 0.05) is 37.6 Å². The largest absolute Gasteiger partial charge is 0.492 e. The van der Waals surface area contributed by atoms with Crippen LogP contribution in [0.15, 0.2) is 30.6 Å². The van der Waals surface area contributed by atoms with Crippen molar-refractivity contribution in [1.82, 2.24) is 14.9 Å². The Hall–Kier alpha value is -2.18. The number of aromatic nitrogens is 2. The molecule has 0 spiro atoms. The maximum absolute atomic E-state index is 5.92. The Morgan fingerprint density at radius 3 is 2.70 bits per heavy atom. The van der Waals surface area contributed by atoms with Crippen molar-refractivity contribution in [2.75, 3.05) is 44.2 Å². The number of fused-ring (bicyclic) bond motifs is 3. The van der Waals surface area contributed by atoms with Gasteiger partial charge in [-0.25, -0.2) is 9.97 Å². The molecular weight excluding hydrogens is 392 g/mol. The normalized spacial score (nSPS) is 19.8. The molecule has 3 aromatic rings. The van der Waals surface area contributed by atoms with Gasteiger partial charge in [0.15, 0.2) is 0 Å². The maximum Gasteiger partial charge on any atom is 0.141 e. The number of anilines is 1. The number of benzene rings is 1. The van der Waals surface area contributed by atoms with Crippen molar-refractivity contribution in [2.45, 2.75) is 33.1 Å². The molecule has 5 rings (SSSR count). The van der Waals surface area contributed by atoms with E-state index in [-0.39, 0.29) is 0 Å². The summed E-state index contributed by atoms with van der Waals surface area (Å²) in [5.41, 5.74) is 2.79. The molecule has 0 unspecified atom stereocenters. The van der Waals surface area contributed by atoms with Gasteiger partial charge >= 0.3 is 0 Å². The second kappa shape index (κ2) is 8.52. The highest BCUT2D eigenvalue weighted by atomic mass is 32.1. The molecule has 1 aliphatic carbocycles. The van der Waals surface area contributed by atoms with Gasteiger partial charge in [0.05, 0.1) is 5.39 Å². The molecule has 1 aliphatic heterocycles. The Labute approximate surface area is 182 Å². The molecule has 1 atom stereocenters. The van der Waals surface area contributed by atoms with Crippen LogP contribution in [-0.4, -0.2) is 54.2 Å². The van der Waals surface area contributed by atoms with E-state index in [1.54, 1.807) is 6.33 Å². The van der Waals surface area contributed by atoms with E-state index >= 15 is 0 Å². The summed E-state index contributed by atoms with van der Waals surface area (Å²) in [7, 11) is 0. The van der Waals surface area contributed by atoms with Crippen LogP contribution >= 0.6 is 11.3 Å². The summed E-state index contributed by atoms with van der Waals surface area (Å²) >= 11 is 1.89. The van der Waals surface area contributed by atoms with E-state index in [1.165, 1.54) is 45.5 Å². The molecule has 0 amide bonds. The zero-order valence-electron chi connectivity index (χ0n) is 17.9. The number of ether oxygens (including phenoxy) is 1. The van der Waals surface area contributed by atoms with Crippen LogP contribution in [0.3, 0.4) is 0 Å². The average Bonchev–Trinajstić information content (AvgIpc) is 3.14. The average molecular weight is 423 g/mol. The summed E-state index contributed by atoms with van der Waals surface area (Å²) in [6.45, 7) is 10.3. The van der Waals surface area contributed by atoms with Crippen molar-refractivity contribution in [3.05, 3.63) is 46.6 Å². The quantitative estimate of drug-likeness (QED) is 0.612. The highest BCUT2D eigenvalue weighted by molar-refractivity contribution is 7.19. The third-order valence-electron chi connectivity index (χ3n) is 6.44. The van der Waals surface area contributed by atoms with Gasteiger partial charge in [0.1, 0.15) is 29.3 Å². The number of hydrogen-bond acceptors (Lipinski definition) is 6. The molecule has 1 fully saturated rings. The topological polar surface area (TPSA) is 41.5 Å². The SMILES string of the molecule is Cc1ccc(OCCN2CCN(c3ncnc4sc5c(c34)C[C@H](C)CC5)CC2)cc1. The molecular formula is C24H30N4OS. The van der Waals surface area contributed by atoms with Crippen molar-refractivity contribution < 1.29 is 4.74 Å². The molecule has 6 heteroatoms. The summed E-state index contributed by atoms with van der Waals surface area (Å²) in [5, 5.41) is 1.33. The van der Waals surface area contributed by atoms with E-state index in [4.69, 9.17) is 9.72 Å². The standard InChI is InChI=1S/C24H30N4OS/c1-17-3-6-19(7-4-17)29-14-13-27-9-11-28(12-10-27)23-22-20-15-18(2)5-8-21(20)30-24(22)26-16-25-23/h3-4,6-7,16,18H,5,8-15H2,1-2H3/t18-/m1/s1. The molecule has 0 saturated carbocycles. The first-order chi connectivity index (χ1) is 14.7. The van der Waals surface area contributed by atoms with Crippen molar-refractivity contribution in [1.29, 1.82) is 0 Å². The Morgan fingerprint density at radius 2 is 1.90 bits per heavy atom. The number of thiophene rings is 1. The first-order valence-corrected chi connectivity index (χ1v) is 11.9. The monoisotopic (exact) mass is 422 g/mol. The third-order valence-corrected chi connectivity index (χ3v) is 7.64. The second-order valence-corrected chi connectivity index (χ2v) is 9.80. The summed E-state index contributed by atoms with van der Waals surface area (Å²) in [6.07, 6.45) is 5.43. The number of rotatable bonds is 5. The number of piperazine rings is 1. The lowest BCUT2D eigenvalue weighted by Crippen LogP contribution is -2.47. The molecule has 2 aliphatic rings. The summed E-state index contributed by atoms with van der Waals surface area (Å²) in [4.78, 5) is 17.0. The van der Waals surface area contributed by atoms with Gasteiger partial charge in [-0.15, -0.1) is 11.3 Å². The molecule has 5 nitrogen and oxygen atoms in total. The lowest BCUT2D eigenvalue weighted by molar-refractivity contribution is 0.200. The first-order valence-electron chi connectivity index (χ1n) is 11.1. The predicted molar refractivity (Wildman–Crippen MR) is 124 cm³/mol. The van der Waals surface area contributed by atoms with E-state index in [9.17, 15) is 0 Å².